The Morgan fingerprint density at radius 2 is 1.80 bits per heavy atom. The molecule has 0 bridgehead atoms. The first-order chi connectivity index (χ1) is 9.34. The van der Waals surface area contributed by atoms with E-state index in [0.717, 1.165) is 12.1 Å². The minimum atomic E-state index is -0.794. The Morgan fingerprint density at radius 3 is 2.25 bits per heavy atom. The second-order valence-corrected chi connectivity index (χ2v) is 5.26. The summed E-state index contributed by atoms with van der Waals surface area (Å²) in [6, 6.07) is 2.06. The van der Waals surface area contributed by atoms with Gasteiger partial charge in [-0.3, -0.25) is 0 Å². The van der Waals surface area contributed by atoms with Crippen LogP contribution >= 0.6 is 0 Å². The van der Waals surface area contributed by atoms with Crippen molar-refractivity contribution >= 4 is 11.5 Å². The maximum absolute atomic E-state index is 14.0. The molecule has 1 fully saturated rings. The molecule has 1 aliphatic heterocycles. The van der Waals surface area contributed by atoms with Crippen molar-refractivity contribution in [2.75, 3.05) is 18.0 Å². The maximum atomic E-state index is 14.0. The lowest BCUT2D eigenvalue weighted by Crippen LogP contribution is -2.43. The average Bonchev–Trinajstić information content (AvgIpc) is 2.38. The fourth-order valence-corrected chi connectivity index (χ4v) is 2.29. The summed E-state index contributed by atoms with van der Waals surface area (Å²) < 4.78 is 28.1. The summed E-state index contributed by atoms with van der Waals surface area (Å²) in [6.45, 7) is 2.44. The van der Waals surface area contributed by atoms with E-state index in [0.29, 0.717) is 25.9 Å². The molecule has 2 rings (SSSR count). The summed E-state index contributed by atoms with van der Waals surface area (Å²) in [5.41, 5.74) is 4.36. The van der Waals surface area contributed by atoms with Crippen molar-refractivity contribution in [2.24, 2.45) is 10.9 Å². The molecular weight excluding hydrogens is 268 g/mol. The molecule has 20 heavy (non-hydrogen) atoms. The molecule has 0 unspecified atom stereocenters. The van der Waals surface area contributed by atoms with Crippen LogP contribution < -0.4 is 10.6 Å². The van der Waals surface area contributed by atoms with Gasteiger partial charge in [-0.2, -0.15) is 0 Å². The van der Waals surface area contributed by atoms with Gasteiger partial charge in [-0.05, 0) is 31.9 Å². The number of amidine groups is 1. The molecule has 0 aliphatic carbocycles. The van der Waals surface area contributed by atoms with Crippen molar-refractivity contribution < 1.29 is 19.1 Å². The Morgan fingerprint density at radius 1 is 1.30 bits per heavy atom. The molecule has 1 aliphatic rings. The van der Waals surface area contributed by atoms with Gasteiger partial charge in [0.2, 0.25) is 0 Å². The van der Waals surface area contributed by atoms with Gasteiger partial charge in [-0.25, -0.2) is 8.78 Å². The monoisotopic (exact) mass is 285 g/mol. The van der Waals surface area contributed by atoms with Crippen molar-refractivity contribution in [1.29, 1.82) is 0 Å². The Balaban J connectivity index is 2.30. The summed E-state index contributed by atoms with van der Waals surface area (Å²) in [7, 11) is 0. The number of rotatable bonds is 2. The number of halogens is 2. The van der Waals surface area contributed by atoms with Gasteiger partial charge >= 0.3 is 0 Å². The maximum Gasteiger partial charge on any atom is 0.170 e. The smallest absolute Gasteiger partial charge is 0.170 e. The van der Waals surface area contributed by atoms with E-state index in [1.165, 1.54) is 0 Å². The highest BCUT2D eigenvalue weighted by Crippen LogP contribution is 2.30. The molecule has 7 heteroatoms. The zero-order valence-electron chi connectivity index (χ0n) is 11.1. The van der Waals surface area contributed by atoms with Crippen LogP contribution in [0.2, 0.25) is 0 Å². The number of hydrogen-bond donors (Lipinski definition) is 3. The van der Waals surface area contributed by atoms with Crippen LogP contribution in [0.4, 0.5) is 14.5 Å². The Labute approximate surface area is 115 Å². The second kappa shape index (κ2) is 5.24. The normalized spacial score (nSPS) is 19.2. The van der Waals surface area contributed by atoms with E-state index >= 15 is 0 Å². The van der Waals surface area contributed by atoms with E-state index in [9.17, 15) is 13.9 Å². The van der Waals surface area contributed by atoms with Gasteiger partial charge in [0, 0.05) is 18.7 Å². The van der Waals surface area contributed by atoms with Crippen molar-refractivity contribution in [2.45, 2.75) is 25.4 Å². The molecule has 110 valence electrons. The van der Waals surface area contributed by atoms with Crippen LogP contribution in [0.25, 0.3) is 0 Å². The standard InChI is InChI=1S/C13H17F2N3O2/c1-13(19)2-4-18(5-3-13)11-9(14)6-8(7-10(11)15)12(16)17-20/h6-7,19-20H,2-5H2,1H3,(H2,16,17). The third kappa shape index (κ3) is 2.82. The molecule has 0 atom stereocenters. The number of nitrogens with zero attached hydrogens (tertiary/aromatic N) is 2. The largest absolute Gasteiger partial charge is 0.409 e. The Hall–Kier alpha value is -1.89. The highest BCUT2D eigenvalue weighted by Gasteiger charge is 2.30. The zero-order valence-corrected chi connectivity index (χ0v) is 11.1. The lowest BCUT2D eigenvalue weighted by atomic mass is 9.93. The van der Waals surface area contributed by atoms with Crippen LogP contribution in [0.5, 0.6) is 0 Å². The molecule has 0 radical (unpaired) electrons. The molecule has 1 saturated heterocycles. The number of aliphatic hydroxyl groups is 1. The van der Waals surface area contributed by atoms with E-state index in [2.05, 4.69) is 5.16 Å². The number of nitrogens with two attached hydrogens (primary N) is 1. The number of oxime groups is 1. The fourth-order valence-electron chi connectivity index (χ4n) is 2.29. The number of piperidine rings is 1. The second-order valence-electron chi connectivity index (χ2n) is 5.26. The van der Waals surface area contributed by atoms with Crippen molar-refractivity contribution in [3.63, 3.8) is 0 Å². The first-order valence-corrected chi connectivity index (χ1v) is 6.28. The highest BCUT2D eigenvalue weighted by molar-refractivity contribution is 5.97. The first-order valence-electron chi connectivity index (χ1n) is 6.28. The van der Waals surface area contributed by atoms with Crippen LogP contribution in [0, 0.1) is 11.6 Å². The van der Waals surface area contributed by atoms with E-state index < -0.39 is 17.2 Å². The molecule has 4 N–H and O–H groups in total. The van der Waals surface area contributed by atoms with Gasteiger partial charge in [0.15, 0.2) is 5.84 Å². The van der Waals surface area contributed by atoms with Crippen molar-refractivity contribution in [3.8, 4) is 0 Å². The minimum absolute atomic E-state index is 0.0183. The number of anilines is 1. The van der Waals surface area contributed by atoms with Crippen LogP contribution in [-0.4, -0.2) is 34.8 Å². The first kappa shape index (κ1) is 14.5. The molecule has 0 saturated carbocycles. The highest BCUT2D eigenvalue weighted by atomic mass is 19.1. The van der Waals surface area contributed by atoms with Crippen molar-refractivity contribution in [3.05, 3.63) is 29.3 Å². The summed E-state index contributed by atoms with van der Waals surface area (Å²) in [5, 5.41) is 21.1. The van der Waals surface area contributed by atoms with Crippen LogP contribution in [-0.2, 0) is 0 Å². The molecule has 1 heterocycles. The topological polar surface area (TPSA) is 82.1 Å². The predicted octanol–water partition coefficient (Wildman–Crippen LogP) is 1.41. The van der Waals surface area contributed by atoms with Gasteiger partial charge in [0.05, 0.1) is 5.60 Å². The fraction of sp³-hybridized carbons (Fsp3) is 0.462. The summed E-state index contributed by atoms with van der Waals surface area (Å²) in [6.07, 6.45) is 0.877. The molecule has 5 nitrogen and oxygen atoms in total. The molecular formula is C13H17F2N3O2. The molecule has 1 aromatic carbocycles. The van der Waals surface area contributed by atoms with Gasteiger partial charge in [0.1, 0.15) is 17.3 Å². The van der Waals surface area contributed by atoms with E-state index in [1.807, 2.05) is 0 Å². The van der Waals surface area contributed by atoms with Gasteiger partial charge in [-0.15, -0.1) is 0 Å². The minimum Gasteiger partial charge on any atom is -0.409 e. The SMILES string of the molecule is CC1(O)CCN(c2c(F)cc(C(N)=NO)cc2F)CC1. The summed E-state index contributed by atoms with van der Waals surface area (Å²) in [5.74, 6) is -1.89. The molecule has 0 spiro atoms. The lowest BCUT2D eigenvalue weighted by Gasteiger charge is -2.37. The predicted molar refractivity (Wildman–Crippen MR) is 70.9 cm³/mol. The van der Waals surface area contributed by atoms with Crippen molar-refractivity contribution in [1.82, 2.24) is 0 Å². The van der Waals surface area contributed by atoms with Crippen LogP contribution in [0.1, 0.15) is 25.3 Å². The summed E-state index contributed by atoms with van der Waals surface area (Å²) >= 11 is 0. The molecule has 0 amide bonds. The van der Waals surface area contributed by atoms with Crippen LogP contribution in [0.3, 0.4) is 0 Å². The van der Waals surface area contributed by atoms with E-state index in [1.54, 1.807) is 11.8 Å². The van der Waals surface area contributed by atoms with Gasteiger partial charge < -0.3 is 20.9 Å². The van der Waals surface area contributed by atoms with Gasteiger partial charge in [0.25, 0.3) is 0 Å². The third-order valence-electron chi connectivity index (χ3n) is 3.58. The average molecular weight is 285 g/mol. The molecule has 1 aromatic rings. The molecule has 0 aromatic heterocycles. The van der Waals surface area contributed by atoms with Crippen LogP contribution in [0.15, 0.2) is 17.3 Å². The number of hydrogen-bond acceptors (Lipinski definition) is 4. The zero-order chi connectivity index (χ0) is 14.9. The number of benzene rings is 1. The van der Waals surface area contributed by atoms with Gasteiger partial charge in [-0.1, -0.05) is 5.16 Å². The van der Waals surface area contributed by atoms with E-state index in [4.69, 9.17) is 10.9 Å². The third-order valence-corrected chi connectivity index (χ3v) is 3.58. The van der Waals surface area contributed by atoms with E-state index in [-0.39, 0.29) is 17.1 Å². The quantitative estimate of drug-likeness (QED) is 0.332. The lowest BCUT2D eigenvalue weighted by molar-refractivity contribution is 0.0349. The Bertz CT molecular complexity index is 513. The Kier molecular flexibility index (Phi) is 3.80. The summed E-state index contributed by atoms with van der Waals surface area (Å²) in [4.78, 5) is 1.55.